The molecule has 0 aromatic carbocycles. The van der Waals surface area contributed by atoms with Gasteiger partial charge in [-0.25, -0.2) is 0 Å². The van der Waals surface area contributed by atoms with Gasteiger partial charge < -0.3 is 4.85 Å². The highest BCUT2D eigenvalue weighted by Gasteiger charge is 2.03. The van der Waals surface area contributed by atoms with Crippen LogP contribution in [0.2, 0.25) is 0 Å². The molecule has 4 heteroatoms. The highest BCUT2D eigenvalue weighted by Crippen LogP contribution is 2.16. The summed E-state index contributed by atoms with van der Waals surface area (Å²) in [6, 6.07) is 5.75. The highest BCUT2D eigenvalue weighted by molar-refractivity contribution is 5.57. The van der Waals surface area contributed by atoms with Gasteiger partial charge in [-0.3, -0.25) is 4.98 Å². The lowest BCUT2D eigenvalue weighted by molar-refractivity contribution is 1.16. The third-order valence-corrected chi connectivity index (χ3v) is 1.92. The van der Waals surface area contributed by atoms with Crippen molar-refractivity contribution in [2.45, 2.75) is 6.92 Å². The predicted octanol–water partition coefficient (Wildman–Crippen LogP) is 2.40. The third-order valence-electron chi connectivity index (χ3n) is 1.92. The largest absolute Gasteiger partial charge is 0.394 e. The summed E-state index contributed by atoms with van der Waals surface area (Å²) in [4.78, 5) is 15.3. The molecule has 0 aliphatic heterocycles. The van der Waals surface area contributed by atoms with Crippen molar-refractivity contribution in [3.8, 4) is 11.3 Å². The molecule has 0 radical (unpaired) electrons. The summed E-state index contributed by atoms with van der Waals surface area (Å²) in [5.74, 6) is 0.159. The fourth-order valence-corrected chi connectivity index (χ4v) is 1.22. The number of pyridine rings is 1. The summed E-state index contributed by atoms with van der Waals surface area (Å²) in [6.07, 6.45) is 3.23. The molecule has 15 heavy (non-hydrogen) atoms. The first kappa shape index (κ1) is 9.28. The fourth-order valence-electron chi connectivity index (χ4n) is 1.22. The van der Waals surface area contributed by atoms with Crippen LogP contribution in [0, 0.1) is 13.5 Å². The van der Waals surface area contributed by atoms with Crippen LogP contribution in [0.4, 0.5) is 5.95 Å². The van der Waals surface area contributed by atoms with Crippen LogP contribution in [0.5, 0.6) is 0 Å². The second-order valence-electron chi connectivity index (χ2n) is 3.05. The molecule has 4 nitrogen and oxygen atoms in total. The lowest BCUT2D eigenvalue weighted by Gasteiger charge is -1.98. The van der Waals surface area contributed by atoms with E-state index in [4.69, 9.17) is 6.57 Å². The van der Waals surface area contributed by atoms with Crippen LogP contribution in [0.3, 0.4) is 0 Å². The first-order valence-corrected chi connectivity index (χ1v) is 4.43. The van der Waals surface area contributed by atoms with Crippen LogP contribution in [0.25, 0.3) is 16.1 Å². The van der Waals surface area contributed by atoms with E-state index in [2.05, 4.69) is 19.8 Å². The van der Waals surface area contributed by atoms with E-state index in [1.54, 1.807) is 12.4 Å². The molecule has 0 saturated heterocycles. The number of aryl methyl sites for hydroxylation is 1. The SMILES string of the molecule is [C-]#[N+]c1ncc(-c2cccc(C)n2)cn1. The predicted molar refractivity (Wildman–Crippen MR) is 56.3 cm³/mol. The standard InChI is InChI=1S/C11H8N4/c1-8-4-3-5-10(15-8)9-6-13-11(12-2)14-7-9/h3-7H,1H3. The molecule has 0 amide bonds. The molecule has 2 rings (SSSR count). The second-order valence-corrected chi connectivity index (χ2v) is 3.05. The Labute approximate surface area is 87.5 Å². The smallest absolute Gasteiger partial charge is 0.371 e. The van der Waals surface area contributed by atoms with Gasteiger partial charge in [0, 0.05) is 5.69 Å². The molecule has 0 N–H and O–H groups in total. The van der Waals surface area contributed by atoms with Crippen molar-refractivity contribution in [1.29, 1.82) is 0 Å². The number of hydrogen-bond acceptors (Lipinski definition) is 3. The number of hydrogen-bond donors (Lipinski definition) is 0. The molecule has 0 aliphatic rings. The maximum atomic E-state index is 6.74. The van der Waals surface area contributed by atoms with Crippen molar-refractivity contribution in [3.63, 3.8) is 0 Å². The van der Waals surface area contributed by atoms with E-state index >= 15 is 0 Å². The Morgan fingerprint density at radius 3 is 2.53 bits per heavy atom. The molecule has 0 fully saturated rings. The monoisotopic (exact) mass is 196 g/mol. The molecule has 72 valence electrons. The van der Waals surface area contributed by atoms with Crippen LogP contribution in [-0.4, -0.2) is 15.0 Å². The van der Waals surface area contributed by atoms with Crippen LogP contribution >= 0.6 is 0 Å². The van der Waals surface area contributed by atoms with Crippen molar-refractivity contribution in [1.82, 2.24) is 15.0 Å². The second kappa shape index (κ2) is 3.84. The van der Waals surface area contributed by atoms with E-state index in [-0.39, 0.29) is 5.95 Å². The van der Waals surface area contributed by atoms with Gasteiger partial charge in [0.15, 0.2) is 0 Å². The number of aromatic nitrogens is 3. The zero-order chi connectivity index (χ0) is 10.7. The van der Waals surface area contributed by atoms with Crippen LogP contribution in [-0.2, 0) is 0 Å². The van der Waals surface area contributed by atoms with Crippen molar-refractivity contribution in [2.75, 3.05) is 0 Å². The minimum absolute atomic E-state index is 0.159. The van der Waals surface area contributed by atoms with Gasteiger partial charge in [0.2, 0.25) is 0 Å². The summed E-state index contributed by atoms with van der Waals surface area (Å²) in [7, 11) is 0. The Hall–Kier alpha value is -2.28. The van der Waals surface area contributed by atoms with Gasteiger partial charge in [-0.2, -0.15) is 9.97 Å². The van der Waals surface area contributed by atoms with E-state index in [1.807, 2.05) is 25.1 Å². The molecule has 2 heterocycles. The van der Waals surface area contributed by atoms with E-state index in [9.17, 15) is 0 Å². The molecule has 0 saturated carbocycles. The lowest BCUT2D eigenvalue weighted by atomic mass is 10.2. The Morgan fingerprint density at radius 2 is 1.93 bits per heavy atom. The molecule has 0 aliphatic carbocycles. The summed E-state index contributed by atoms with van der Waals surface area (Å²) >= 11 is 0. The normalized spacial score (nSPS) is 9.60. The van der Waals surface area contributed by atoms with Gasteiger partial charge in [-0.05, 0) is 19.1 Å². The maximum Gasteiger partial charge on any atom is 0.371 e. The Balaban J connectivity index is 2.42. The minimum atomic E-state index is 0.159. The molecule has 0 atom stereocenters. The van der Waals surface area contributed by atoms with Gasteiger partial charge in [-0.15, -0.1) is 6.57 Å². The van der Waals surface area contributed by atoms with E-state index in [1.165, 1.54) is 0 Å². The van der Waals surface area contributed by atoms with Gasteiger partial charge >= 0.3 is 5.95 Å². The van der Waals surface area contributed by atoms with Crippen LogP contribution < -0.4 is 0 Å². The quantitative estimate of drug-likeness (QED) is 0.658. The summed E-state index contributed by atoms with van der Waals surface area (Å²) < 4.78 is 0. The van der Waals surface area contributed by atoms with E-state index in [0.29, 0.717) is 0 Å². The molecular weight excluding hydrogens is 188 g/mol. The first-order chi connectivity index (χ1) is 7.29. The average Bonchev–Trinajstić information content (AvgIpc) is 2.29. The third kappa shape index (κ3) is 1.97. The Kier molecular flexibility index (Phi) is 2.38. The van der Waals surface area contributed by atoms with Crippen LogP contribution in [0.15, 0.2) is 30.6 Å². The van der Waals surface area contributed by atoms with Crippen molar-refractivity contribution in [3.05, 3.63) is 47.7 Å². The maximum absolute atomic E-state index is 6.74. The fraction of sp³-hybridized carbons (Fsp3) is 0.0909. The molecular formula is C11H8N4. The van der Waals surface area contributed by atoms with E-state index < -0.39 is 0 Å². The Morgan fingerprint density at radius 1 is 1.20 bits per heavy atom. The first-order valence-electron chi connectivity index (χ1n) is 4.43. The van der Waals surface area contributed by atoms with Crippen molar-refractivity contribution < 1.29 is 0 Å². The zero-order valence-electron chi connectivity index (χ0n) is 8.18. The number of rotatable bonds is 1. The van der Waals surface area contributed by atoms with Gasteiger partial charge in [-0.1, -0.05) is 6.07 Å². The summed E-state index contributed by atoms with van der Waals surface area (Å²) in [6.45, 7) is 8.67. The molecule has 0 spiro atoms. The lowest BCUT2D eigenvalue weighted by Crippen LogP contribution is -1.88. The van der Waals surface area contributed by atoms with Crippen LogP contribution in [0.1, 0.15) is 5.69 Å². The zero-order valence-corrected chi connectivity index (χ0v) is 8.18. The van der Waals surface area contributed by atoms with Gasteiger partial charge in [0.25, 0.3) is 0 Å². The number of nitrogens with zero attached hydrogens (tertiary/aromatic N) is 4. The highest BCUT2D eigenvalue weighted by atomic mass is 15.0. The van der Waals surface area contributed by atoms with Gasteiger partial charge in [0.05, 0.1) is 23.7 Å². The van der Waals surface area contributed by atoms with Crippen molar-refractivity contribution >= 4 is 5.95 Å². The Bertz CT molecular complexity index is 511. The summed E-state index contributed by atoms with van der Waals surface area (Å²) in [5, 5.41) is 0. The average molecular weight is 196 g/mol. The molecule has 0 unspecified atom stereocenters. The van der Waals surface area contributed by atoms with Crippen molar-refractivity contribution in [2.24, 2.45) is 0 Å². The van der Waals surface area contributed by atoms with Gasteiger partial charge in [0.1, 0.15) is 0 Å². The molecule has 2 aromatic heterocycles. The summed E-state index contributed by atoms with van der Waals surface area (Å²) in [5.41, 5.74) is 2.60. The molecule has 0 bridgehead atoms. The minimum Gasteiger partial charge on any atom is -0.394 e. The topological polar surface area (TPSA) is 43.0 Å². The molecule has 2 aromatic rings. The van der Waals surface area contributed by atoms with E-state index in [0.717, 1.165) is 17.0 Å².